The van der Waals surface area contributed by atoms with Crippen molar-refractivity contribution in [3.63, 3.8) is 0 Å². The molecular weight excluding hydrogens is 230 g/mol. The van der Waals surface area contributed by atoms with Crippen molar-refractivity contribution in [3.05, 3.63) is 12.5 Å². The zero-order chi connectivity index (χ0) is 11.4. The molecule has 1 aromatic heterocycles. The van der Waals surface area contributed by atoms with E-state index < -0.39 is 10.0 Å². The van der Waals surface area contributed by atoms with Crippen molar-refractivity contribution >= 4 is 10.0 Å². The van der Waals surface area contributed by atoms with Gasteiger partial charge >= 0.3 is 0 Å². The van der Waals surface area contributed by atoms with Gasteiger partial charge in [0.2, 0.25) is 0 Å². The number of aromatic amines is 1. The number of aromatic nitrogens is 2. The normalized spacial score (nSPS) is 21.4. The van der Waals surface area contributed by atoms with E-state index in [2.05, 4.69) is 14.7 Å². The first-order chi connectivity index (χ1) is 7.68. The molecule has 90 valence electrons. The molecule has 0 aliphatic carbocycles. The van der Waals surface area contributed by atoms with Crippen LogP contribution in [0.15, 0.2) is 17.6 Å². The Labute approximate surface area is 94.5 Å². The highest BCUT2D eigenvalue weighted by molar-refractivity contribution is 7.89. The van der Waals surface area contributed by atoms with Gasteiger partial charge < -0.3 is 9.72 Å². The van der Waals surface area contributed by atoms with Crippen molar-refractivity contribution in [3.8, 4) is 0 Å². The molecule has 2 rings (SSSR count). The minimum Gasteiger partial charge on any atom is -0.381 e. The summed E-state index contributed by atoms with van der Waals surface area (Å²) in [4.78, 5) is 6.25. The van der Waals surface area contributed by atoms with Crippen LogP contribution < -0.4 is 4.72 Å². The number of nitrogens with one attached hydrogen (secondary N) is 2. The van der Waals surface area contributed by atoms with E-state index in [1.807, 2.05) is 0 Å². The number of ether oxygens (including phenoxy) is 1. The fraction of sp³-hybridized carbons (Fsp3) is 0.667. The van der Waals surface area contributed by atoms with Crippen molar-refractivity contribution in [1.82, 2.24) is 14.7 Å². The quantitative estimate of drug-likeness (QED) is 0.771. The summed E-state index contributed by atoms with van der Waals surface area (Å²) in [5.74, 6) is 0.476. The first-order valence-corrected chi connectivity index (χ1v) is 6.72. The lowest BCUT2D eigenvalue weighted by Crippen LogP contribution is -2.26. The molecule has 0 radical (unpaired) electrons. The third kappa shape index (κ3) is 2.81. The minimum absolute atomic E-state index is 0.107. The first-order valence-electron chi connectivity index (χ1n) is 5.24. The number of rotatable bonds is 5. The van der Waals surface area contributed by atoms with Crippen LogP contribution >= 0.6 is 0 Å². The Hall–Kier alpha value is -0.920. The van der Waals surface area contributed by atoms with Crippen LogP contribution in [0.2, 0.25) is 0 Å². The topological polar surface area (TPSA) is 84.1 Å². The Balaban J connectivity index is 1.81. The second-order valence-electron chi connectivity index (χ2n) is 3.83. The number of nitrogens with zero attached hydrogens (tertiary/aromatic N) is 1. The lowest BCUT2D eigenvalue weighted by atomic mass is 10.1. The average Bonchev–Trinajstić information content (AvgIpc) is 2.90. The standard InChI is InChI=1S/C9H15N3O3S/c13-16(14,9-5-10-7-11-9)12-3-1-8-2-4-15-6-8/h5,7-8,12H,1-4,6H2,(H,10,11). The van der Waals surface area contributed by atoms with Gasteiger partial charge in [0, 0.05) is 19.8 Å². The van der Waals surface area contributed by atoms with Gasteiger partial charge in [-0.05, 0) is 18.8 Å². The fourth-order valence-corrected chi connectivity index (χ4v) is 2.63. The summed E-state index contributed by atoms with van der Waals surface area (Å²) >= 11 is 0. The molecule has 1 saturated heterocycles. The molecule has 0 aromatic carbocycles. The molecule has 1 aliphatic heterocycles. The van der Waals surface area contributed by atoms with Gasteiger partial charge in [-0.25, -0.2) is 18.1 Å². The van der Waals surface area contributed by atoms with E-state index >= 15 is 0 Å². The Morgan fingerprint density at radius 2 is 2.50 bits per heavy atom. The molecule has 7 heteroatoms. The molecule has 1 aromatic rings. The summed E-state index contributed by atoms with van der Waals surface area (Å²) in [5.41, 5.74) is 0. The van der Waals surface area contributed by atoms with E-state index in [0.29, 0.717) is 12.5 Å². The molecule has 1 atom stereocenters. The lowest BCUT2D eigenvalue weighted by Gasteiger charge is -2.08. The van der Waals surface area contributed by atoms with Gasteiger partial charge in [-0.1, -0.05) is 0 Å². The van der Waals surface area contributed by atoms with E-state index in [4.69, 9.17) is 4.74 Å². The van der Waals surface area contributed by atoms with Crippen LogP contribution in [-0.2, 0) is 14.8 Å². The van der Waals surface area contributed by atoms with Crippen molar-refractivity contribution < 1.29 is 13.2 Å². The summed E-state index contributed by atoms with van der Waals surface area (Å²) < 4.78 is 31.1. The van der Waals surface area contributed by atoms with Gasteiger partial charge in [-0.15, -0.1) is 0 Å². The third-order valence-electron chi connectivity index (χ3n) is 2.63. The maximum atomic E-state index is 11.7. The Morgan fingerprint density at radius 1 is 1.62 bits per heavy atom. The molecule has 1 unspecified atom stereocenters. The van der Waals surface area contributed by atoms with Crippen LogP contribution in [0.3, 0.4) is 0 Å². The van der Waals surface area contributed by atoms with E-state index in [-0.39, 0.29) is 5.03 Å². The molecule has 2 heterocycles. The summed E-state index contributed by atoms with van der Waals surface area (Å²) in [6.45, 7) is 1.97. The summed E-state index contributed by atoms with van der Waals surface area (Å²) in [6, 6.07) is 0. The summed E-state index contributed by atoms with van der Waals surface area (Å²) in [5, 5.41) is 0.107. The number of imidazole rings is 1. The molecule has 1 aliphatic rings. The zero-order valence-corrected chi connectivity index (χ0v) is 9.66. The predicted molar refractivity (Wildman–Crippen MR) is 57.3 cm³/mol. The van der Waals surface area contributed by atoms with Crippen molar-refractivity contribution in [1.29, 1.82) is 0 Å². The highest BCUT2D eigenvalue weighted by Gasteiger charge is 2.18. The van der Waals surface area contributed by atoms with Gasteiger partial charge in [0.15, 0.2) is 5.03 Å². The van der Waals surface area contributed by atoms with Crippen LogP contribution in [0.4, 0.5) is 0 Å². The first kappa shape index (κ1) is 11.6. The highest BCUT2D eigenvalue weighted by Crippen LogP contribution is 2.15. The van der Waals surface area contributed by atoms with Gasteiger partial charge in [-0.2, -0.15) is 0 Å². The second-order valence-corrected chi connectivity index (χ2v) is 5.57. The van der Waals surface area contributed by atoms with Gasteiger partial charge in [0.1, 0.15) is 0 Å². The van der Waals surface area contributed by atoms with Crippen molar-refractivity contribution in [2.75, 3.05) is 19.8 Å². The van der Waals surface area contributed by atoms with Gasteiger partial charge in [0.25, 0.3) is 10.0 Å². The van der Waals surface area contributed by atoms with Crippen LogP contribution in [-0.4, -0.2) is 38.1 Å². The van der Waals surface area contributed by atoms with E-state index in [1.54, 1.807) is 0 Å². The molecule has 1 fully saturated rings. The molecule has 6 nitrogen and oxygen atoms in total. The van der Waals surface area contributed by atoms with Crippen LogP contribution in [0, 0.1) is 5.92 Å². The minimum atomic E-state index is -3.42. The molecule has 0 spiro atoms. The number of H-pyrrole nitrogens is 1. The summed E-state index contributed by atoms with van der Waals surface area (Å²) in [7, 11) is -3.42. The fourth-order valence-electron chi connectivity index (χ4n) is 1.68. The smallest absolute Gasteiger partial charge is 0.257 e. The van der Waals surface area contributed by atoms with Crippen LogP contribution in [0.1, 0.15) is 12.8 Å². The van der Waals surface area contributed by atoms with E-state index in [9.17, 15) is 8.42 Å². The lowest BCUT2D eigenvalue weighted by molar-refractivity contribution is 0.184. The molecule has 0 amide bonds. The molecule has 0 saturated carbocycles. The third-order valence-corrected chi connectivity index (χ3v) is 4.02. The molecular formula is C9H15N3O3S. The number of hydrogen-bond acceptors (Lipinski definition) is 4. The van der Waals surface area contributed by atoms with Crippen molar-refractivity contribution in [2.24, 2.45) is 5.92 Å². The predicted octanol–water partition coefficient (Wildman–Crippen LogP) is 0.115. The number of sulfonamides is 1. The maximum Gasteiger partial charge on any atom is 0.257 e. The maximum absolute atomic E-state index is 11.7. The highest BCUT2D eigenvalue weighted by atomic mass is 32.2. The second kappa shape index (κ2) is 4.94. The Bertz CT molecular complexity index is 409. The average molecular weight is 245 g/mol. The van der Waals surface area contributed by atoms with E-state index in [0.717, 1.165) is 26.1 Å². The zero-order valence-electron chi connectivity index (χ0n) is 8.85. The van der Waals surface area contributed by atoms with Crippen LogP contribution in [0.5, 0.6) is 0 Å². The SMILES string of the molecule is O=S(=O)(NCCC1CCOC1)c1cnc[nH]1. The molecule has 2 N–H and O–H groups in total. The van der Waals surface area contributed by atoms with Gasteiger partial charge in [-0.3, -0.25) is 0 Å². The van der Waals surface area contributed by atoms with E-state index in [1.165, 1.54) is 12.5 Å². The Kier molecular flexibility index (Phi) is 3.57. The summed E-state index contributed by atoms with van der Waals surface area (Å²) in [6.07, 6.45) is 4.47. The van der Waals surface area contributed by atoms with Crippen molar-refractivity contribution in [2.45, 2.75) is 17.9 Å². The van der Waals surface area contributed by atoms with Crippen LogP contribution in [0.25, 0.3) is 0 Å². The molecule has 16 heavy (non-hydrogen) atoms. The monoisotopic (exact) mass is 245 g/mol. The largest absolute Gasteiger partial charge is 0.381 e. The molecule has 0 bridgehead atoms. The number of hydrogen-bond donors (Lipinski definition) is 2. The van der Waals surface area contributed by atoms with Gasteiger partial charge in [0.05, 0.1) is 12.5 Å². The Morgan fingerprint density at radius 3 is 3.12 bits per heavy atom.